The molecule has 2 N–H and O–H groups in total. The second-order valence-corrected chi connectivity index (χ2v) is 8.81. The third kappa shape index (κ3) is 5.62. The van der Waals surface area contributed by atoms with E-state index < -0.39 is 0 Å². The molecule has 1 unspecified atom stereocenters. The number of nitrogens with one attached hydrogen (secondary N) is 2. The Hall–Kier alpha value is -3.46. The topological polar surface area (TPSA) is 84.4 Å². The van der Waals surface area contributed by atoms with Crippen LogP contribution in [0.4, 0.5) is 11.5 Å². The molecule has 3 heterocycles. The summed E-state index contributed by atoms with van der Waals surface area (Å²) >= 11 is 6.51. The van der Waals surface area contributed by atoms with Crippen molar-refractivity contribution >= 4 is 34.0 Å². The van der Waals surface area contributed by atoms with Crippen molar-refractivity contribution in [2.24, 2.45) is 0 Å². The fourth-order valence-electron chi connectivity index (χ4n) is 4.00. The lowest BCUT2D eigenvalue weighted by molar-refractivity contribution is 0.137. The van der Waals surface area contributed by atoms with Crippen LogP contribution in [0.1, 0.15) is 5.69 Å². The second-order valence-electron chi connectivity index (χ2n) is 8.40. The number of fused-ring (bicyclic) bond motifs is 1. The van der Waals surface area contributed by atoms with Crippen molar-refractivity contribution in [2.75, 3.05) is 38.6 Å². The van der Waals surface area contributed by atoms with E-state index in [4.69, 9.17) is 21.1 Å². The molecule has 1 atom stereocenters. The first kappa shape index (κ1) is 23.3. The summed E-state index contributed by atoms with van der Waals surface area (Å²) in [6, 6.07) is 17.4. The number of halogens is 1. The SMILES string of the molecule is CN1CCNCC1COc1cccc2ncnc(Nc3ccc(OCc4ccccn4)c(Cl)c3)c12. The smallest absolute Gasteiger partial charge is 0.145 e. The number of rotatable bonds is 8. The molecule has 1 saturated heterocycles. The molecule has 4 aromatic rings. The summed E-state index contributed by atoms with van der Waals surface area (Å²) in [5.41, 5.74) is 2.42. The van der Waals surface area contributed by atoms with Gasteiger partial charge in [-0.3, -0.25) is 9.88 Å². The summed E-state index contributed by atoms with van der Waals surface area (Å²) in [7, 11) is 2.13. The normalized spacial score (nSPS) is 16.2. The van der Waals surface area contributed by atoms with Gasteiger partial charge >= 0.3 is 0 Å². The van der Waals surface area contributed by atoms with Gasteiger partial charge in [-0.15, -0.1) is 0 Å². The van der Waals surface area contributed by atoms with E-state index in [-0.39, 0.29) is 0 Å². The zero-order chi connectivity index (χ0) is 24.0. The zero-order valence-electron chi connectivity index (χ0n) is 19.4. The molecule has 0 amide bonds. The van der Waals surface area contributed by atoms with Crippen LogP contribution in [0, 0.1) is 0 Å². The third-order valence-corrected chi connectivity index (χ3v) is 6.29. The highest BCUT2D eigenvalue weighted by molar-refractivity contribution is 6.32. The van der Waals surface area contributed by atoms with Crippen LogP contribution in [-0.2, 0) is 6.61 Å². The lowest BCUT2D eigenvalue weighted by Crippen LogP contribution is -2.51. The molecule has 2 aromatic heterocycles. The Labute approximate surface area is 209 Å². The van der Waals surface area contributed by atoms with E-state index in [2.05, 4.69) is 37.5 Å². The molecule has 2 aromatic carbocycles. The fraction of sp³-hybridized carbons (Fsp3) is 0.269. The first-order chi connectivity index (χ1) is 17.2. The van der Waals surface area contributed by atoms with Crippen LogP contribution in [0.25, 0.3) is 10.9 Å². The van der Waals surface area contributed by atoms with Crippen molar-refractivity contribution in [3.8, 4) is 11.5 Å². The van der Waals surface area contributed by atoms with Crippen molar-refractivity contribution in [3.63, 3.8) is 0 Å². The first-order valence-corrected chi connectivity index (χ1v) is 11.9. The Morgan fingerprint density at radius 3 is 2.83 bits per heavy atom. The minimum atomic E-state index is 0.303. The molecular formula is C26H27ClN6O2. The molecule has 9 heteroatoms. The standard InChI is InChI=1S/C26H27ClN6O2/c1-33-12-11-28-14-20(33)16-35-24-7-4-6-22-25(24)26(31-17-30-22)32-18-8-9-23(21(27)13-18)34-15-19-5-2-3-10-29-19/h2-10,13,17,20,28H,11-12,14-16H2,1H3,(H,30,31,32). The van der Waals surface area contributed by atoms with E-state index in [0.29, 0.717) is 35.8 Å². The molecule has 5 rings (SSSR count). The lowest BCUT2D eigenvalue weighted by atomic mass is 10.2. The fourth-order valence-corrected chi connectivity index (χ4v) is 4.23. The Morgan fingerprint density at radius 1 is 1.06 bits per heavy atom. The van der Waals surface area contributed by atoms with Gasteiger partial charge in [-0.1, -0.05) is 23.7 Å². The maximum atomic E-state index is 6.51. The number of hydrogen-bond acceptors (Lipinski definition) is 8. The Morgan fingerprint density at radius 2 is 2.00 bits per heavy atom. The first-order valence-electron chi connectivity index (χ1n) is 11.5. The Bertz CT molecular complexity index is 1280. The number of hydrogen-bond donors (Lipinski definition) is 2. The number of likely N-dealkylation sites (N-methyl/N-ethyl adjacent to an activating group) is 1. The summed E-state index contributed by atoms with van der Waals surface area (Å²) in [4.78, 5) is 15.5. The van der Waals surface area contributed by atoms with Crippen LogP contribution in [-0.4, -0.2) is 59.2 Å². The number of ether oxygens (including phenoxy) is 2. The van der Waals surface area contributed by atoms with Gasteiger partial charge in [-0.25, -0.2) is 9.97 Å². The predicted octanol–water partition coefficient (Wildman–Crippen LogP) is 4.28. The molecule has 0 spiro atoms. The van der Waals surface area contributed by atoms with Gasteiger partial charge in [-0.05, 0) is 49.5 Å². The van der Waals surface area contributed by atoms with Gasteiger partial charge in [0.05, 0.1) is 27.7 Å². The van der Waals surface area contributed by atoms with Gasteiger partial charge in [0, 0.05) is 31.5 Å². The minimum absolute atomic E-state index is 0.303. The predicted molar refractivity (Wildman–Crippen MR) is 138 cm³/mol. The van der Waals surface area contributed by atoms with Gasteiger partial charge < -0.3 is 20.1 Å². The number of pyridine rings is 1. The summed E-state index contributed by atoms with van der Waals surface area (Å²) in [5.74, 6) is 1.98. The van der Waals surface area contributed by atoms with Crippen molar-refractivity contribution in [1.82, 2.24) is 25.2 Å². The molecule has 1 aliphatic heterocycles. The number of benzene rings is 2. The number of aromatic nitrogens is 3. The lowest BCUT2D eigenvalue weighted by Gasteiger charge is -2.32. The van der Waals surface area contributed by atoms with Crippen LogP contribution in [0.5, 0.6) is 11.5 Å². The van der Waals surface area contributed by atoms with E-state index in [9.17, 15) is 0 Å². The third-order valence-electron chi connectivity index (χ3n) is 6.00. The average Bonchev–Trinajstić information content (AvgIpc) is 2.88. The summed E-state index contributed by atoms with van der Waals surface area (Å²) in [6.45, 7) is 3.82. The zero-order valence-corrected chi connectivity index (χ0v) is 20.2. The summed E-state index contributed by atoms with van der Waals surface area (Å²) in [5, 5.41) is 8.12. The van der Waals surface area contributed by atoms with E-state index in [1.165, 1.54) is 0 Å². The minimum Gasteiger partial charge on any atom is -0.491 e. The van der Waals surface area contributed by atoms with Crippen LogP contribution in [0.2, 0.25) is 5.02 Å². The second kappa shape index (κ2) is 10.9. The van der Waals surface area contributed by atoms with Crippen molar-refractivity contribution < 1.29 is 9.47 Å². The van der Waals surface area contributed by atoms with Crippen molar-refractivity contribution in [1.29, 1.82) is 0 Å². The molecule has 1 aliphatic rings. The molecule has 0 bridgehead atoms. The molecule has 1 fully saturated rings. The van der Waals surface area contributed by atoms with Crippen LogP contribution in [0.3, 0.4) is 0 Å². The van der Waals surface area contributed by atoms with Crippen molar-refractivity contribution in [3.05, 3.63) is 77.8 Å². The molecule has 8 nitrogen and oxygen atoms in total. The largest absolute Gasteiger partial charge is 0.491 e. The highest BCUT2D eigenvalue weighted by atomic mass is 35.5. The van der Waals surface area contributed by atoms with Gasteiger partial charge in [0.25, 0.3) is 0 Å². The van der Waals surface area contributed by atoms with Gasteiger partial charge in [-0.2, -0.15) is 0 Å². The monoisotopic (exact) mass is 490 g/mol. The quantitative estimate of drug-likeness (QED) is 0.378. The molecular weight excluding hydrogens is 464 g/mol. The van der Waals surface area contributed by atoms with Gasteiger partial charge in [0.2, 0.25) is 0 Å². The number of anilines is 2. The van der Waals surface area contributed by atoms with Crippen LogP contribution in [0.15, 0.2) is 67.1 Å². The van der Waals surface area contributed by atoms with Gasteiger partial charge in [0.15, 0.2) is 0 Å². The van der Waals surface area contributed by atoms with Gasteiger partial charge in [0.1, 0.15) is 36.9 Å². The molecule has 180 valence electrons. The molecule has 0 aliphatic carbocycles. The average molecular weight is 491 g/mol. The molecule has 0 saturated carbocycles. The van der Waals surface area contributed by atoms with E-state index in [1.807, 2.05) is 54.6 Å². The molecule has 0 radical (unpaired) electrons. The highest BCUT2D eigenvalue weighted by Crippen LogP contribution is 2.34. The van der Waals surface area contributed by atoms with E-state index in [1.54, 1.807) is 12.5 Å². The Balaban J connectivity index is 1.33. The highest BCUT2D eigenvalue weighted by Gasteiger charge is 2.20. The van der Waals surface area contributed by atoms with Crippen LogP contribution >= 0.6 is 11.6 Å². The number of piperazine rings is 1. The maximum Gasteiger partial charge on any atom is 0.145 e. The maximum absolute atomic E-state index is 6.51. The summed E-state index contributed by atoms with van der Waals surface area (Å²) < 4.78 is 12.1. The Kier molecular flexibility index (Phi) is 7.23. The summed E-state index contributed by atoms with van der Waals surface area (Å²) in [6.07, 6.45) is 3.28. The van der Waals surface area contributed by atoms with E-state index in [0.717, 1.165) is 47.7 Å². The van der Waals surface area contributed by atoms with E-state index >= 15 is 0 Å². The molecule has 35 heavy (non-hydrogen) atoms. The van der Waals surface area contributed by atoms with Crippen molar-refractivity contribution in [2.45, 2.75) is 12.6 Å². The van der Waals surface area contributed by atoms with Crippen LogP contribution < -0.4 is 20.1 Å². The number of nitrogens with zero attached hydrogens (tertiary/aromatic N) is 4.